The number of aliphatic carboxylic acids is 1. The summed E-state index contributed by atoms with van der Waals surface area (Å²) in [6.07, 6.45) is -3.04. The van der Waals surface area contributed by atoms with Crippen LogP contribution in [0.15, 0.2) is 39.7 Å². The van der Waals surface area contributed by atoms with Crippen molar-refractivity contribution in [2.45, 2.75) is 19.0 Å². The zero-order chi connectivity index (χ0) is 22.1. The maximum absolute atomic E-state index is 12.9. The zero-order valence-electron chi connectivity index (χ0n) is 15.1. The number of alkyl halides is 3. The molecule has 0 aliphatic carbocycles. The van der Waals surface area contributed by atoms with Gasteiger partial charge in [0.2, 0.25) is 0 Å². The Bertz CT molecular complexity index is 1050. The predicted molar refractivity (Wildman–Crippen MR) is 108 cm³/mol. The SMILES string of the molecule is O=C(O)CCCN1C(=O)C(=Cc2ccc(-c3cc(C(F)(F)F)ccc3O)o2)SC1=S. The molecule has 1 aliphatic heterocycles. The van der Waals surface area contributed by atoms with Crippen molar-refractivity contribution in [2.24, 2.45) is 0 Å². The number of carboxylic acid groups (broad SMARTS) is 1. The van der Waals surface area contributed by atoms with Gasteiger partial charge in [-0.05, 0) is 36.8 Å². The smallest absolute Gasteiger partial charge is 0.416 e. The fourth-order valence-corrected chi connectivity index (χ4v) is 3.98. The van der Waals surface area contributed by atoms with Gasteiger partial charge in [-0.2, -0.15) is 13.2 Å². The Hall–Kier alpha value is -2.79. The first kappa shape index (κ1) is 21.9. The number of thioether (sulfide) groups is 1. The molecule has 1 aromatic carbocycles. The Balaban J connectivity index is 1.80. The molecule has 2 aromatic rings. The van der Waals surface area contributed by atoms with Crippen LogP contribution in [0.2, 0.25) is 0 Å². The van der Waals surface area contributed by atoms with Gasteiger partial charge < -0.3 is 14.6 Å². The minimum atomic E-state index is -4.58. The van der Waals surface area contributed by atoms with Gasteiger partial charge in [0.25, 0.3) is 5.91 Å². The molecule has 3 rings (SSSR count). The number of hydrogen-bond acceptors (Lipinski definition) is 6. The monoisotopic (exact) mass is 457 g/mol. The highest BCUT2D eigenvalue weighted by molar-refractivity contribution is 8.26. The average Bonchev–Trinajstić information content (AvgIpc) is 3.21. The fourth-order valence-electron chi connectivity index (χ4n) is 2.70. The fraction of sp³-hybridized carbons (Fsp3) is 0.211. The van der Waals surface area contributed by atoms with E-state index in [0.717, 1.165) is 30.0 Å². The molecule has 0 spiro atoms. The summed E-state index contributed by atoms with van der Waals surface area (Å²) in [6.45, 7) is 0.163. The largest absolute Gasteiger partial charge is 0.507 e. The van der Waals surface area contributed by atoms with E-state index in [4.69, 9.17) is 21.7 Å². The topological polar surface area (TPSA) is 91.0 Å². The summed E-state index contributed by atoms with van der Waals surface area (Å²) in [5, 5.41) is 18.6. The molecule has 1 fully saturated rings. The highest BCUT2D eigenvalue weighted by atomic mass is 32.2. The molecule has 6 nitrogen and oxygen atoms in total. The van der Waals surface area contributed by atoms with Gasteiger partial charge in [-0.15, -0.1) is 0 Å². The van der Waals surface area contributed by atoms with Crippen LogP contribution in [-0.4, -0.2) is 37.9 Å². The number of halogens is 3. The summed E-state index contributed by atoms with van der Waals surface area (Å²) < 4.78 is 44.6. The minimum Gasteiger partial charge on any atom is -0.507 e. The molecule has 30 heavy (non-hydrogen) atoms. The van der Waals surface area contributed by atoms with Crippen molar-refractivity contribution < 1.29 is 37.4 Å². The lowest BCUT2D eigenvalue weighted by Gasteiger charge is -2.13. The summed E-state index contributed by atoms with van der Waals surface area (Å²) >= 11 is 6.16. The number of hydrogen-bond donors (Lipinski definition) is 2. The third-order valence-electron chi connectivity index (χ3n) is 4.14. The molecular weight excluding hydrogens is 443 g/mol. The molecule has 1 aliphatic rings. The highest BCUT2D eigenvalue weighted by Gasteiger charge is 2.33. The van der Waals surface area contributed by atoms with E-state index >= 15 is 0 Å². The van der Waals surface area contributed by atoms with Crippen molar-refractivity contribution in [3.05, 3.63) is 46.6 Å². The quantitative estimate of drug-likeness (QED) is 0.478. The van der Waals surface area contributed by atoms with Crippen LogP contribution in [0.5, 0.6) is 5.75 Å². The summed E-state index contributed by atoms with van der Waals surface area (Å²) in [5.74, 6) is -1.57. The molecule has 1 aromatic heterocycles. The molecule has 1 amide bonds. The molecule has 0 bridgehead atoms. The summed E-state index contributed by atoms with van der Waals surface area (Å²) in [6, 6.07) is 5.31. The van der Waals surface area contributed by atoms with Crippen molar-refractivity contribution in [1.29, 1.82) is 0 Å². The van der Waals surface area contributed by atoms with Crippen LogP contribution in [0.25, 0.3) is 17.4 Å². The molecular formula is C19H14F3NO5S2. The van der Waals surface area contributed by atoms with Gasteiger partial charge in [-0.25, -0.2) is 0 Å². The van der Waals surface area contributed by atoms with Crippen LogP contribution in [0.4, 0.5) is 13.2 Å². The zero-order valence-corrected chi connectivity index (χ0v) is 16.7. The first-order chi connectivity index (χ1) is 14.1. The van der Waals surface area contributed by atoms with Crippen LogP contribution in [0.3, 0.4) is 0 Å². The number of carbonyl (C=O) groups is 2. The lowest BCUT2D eigenvalue weighted by Crippen LogP contribution is -2.29. The lowest BCUT2D eigenvalue weighted by atomic mass is 10.1. The van der Waals surface area contributed by atoms with Crippen LogP contribution in [0, 0.1) is 0 Å². The number of benzene rings is 1. The van der Waals surface area contributed by atoms with Crippen LogP contribution in [0.1, 0.15) is 24.2 Å². The minimum absolute atomic E-state index is 0.00165. The van der Waals surface area contributed by atoms with Gasteiger partial charge in [-0.3, -0.25) is 14.5 Å². The standard InChI is InChI=1S/C19H14F3NO5S2/c20-19(21,22)10-3-5-13(24)12(8-10)14-6-4-11(28-14)9-15-17(27)23(18(29)30-15)7-1-2-16(25)26/h3-6,8-9,24H,1-2,7H2,(H,25,26). The molecule has 0 saturated carbocycles. The second kappa shape index (κ2) is 8.52. The normalized spacial score (nSPS) is 16.0. The number of carboxylic acids is 1. The van der Waals surface area contributed by atoms with Crippen molar-refractivity contribution in [3.8, 4) is 17.1 Å². The summed E-state index contributed by atoms with van der Waals surface area (Å²) in [5.41, 5.74) is -1.07. The van der Waals surface area contributed by atoms with E-state index in [1.54, 1.807) is 0 Å². The lowest BCUT2D eigenvalue weighted by molar-refractivity contribution is -0.138. The Labute approximate surface area is 178 Å². The first-order valence-corrected chi connectivity index (χ1v) is 9.76. The van der Waals surface area contributed by atoms with Crippen LogP contribution in [-0.2, 0) is 15.8 Å². The first-order valence-electron chi connectivity index (χ1n) is 8.54. The maximum Gasteiger partial charge on any atom is 0.416 e. The van der Waals surface area contributed by atoms with Gasteiger partial charge in [-0.1, -0.05) is 24.0 Å². The van der Waals surface area contributed by atoms with E-state index in [1.807, 2.05) is 0 Å². The second-order valence-corrected chi connectivity index (χ2v) is 7.94. The van der Waals surface area contributed by atoms with Gasteiger partial charge in [0.15, 0.2) is 0 Å². The number of amides is 1. The van der Waals surface area contributed by atoms with Crippen molar-refractivity contribution in [1.82, 2.24) is 4.90 Å². The van der Waals surface area contributed by atoms with Crippen molar-refractivity contribution in [3.63, 3.8) is 0 Å². The Morgan fingerprint density at radius 1 is 1.27 bits per heavy atom. The molecule has 0 unspecified atom stereocenters. The van der Waals surface area contributed by atoms with E-state index in [0.29, 0.717) is 0 Å². The third-order valence-corrected chi connectivity index (χ3v) is 5.51. The number of aromatic hydroxyl groups is 1. The summed E-state index contributed by atoms with van der Waals surface area (Å²) in [4.78, 5) is 24.6. The number of phenolic OH excluding ortho intramolecular Hbond substituents is 1. The van der Waals surface area contributed by atoms with Gasteiger partial charge in [0, 0.05) is 19.0 Å². The van der Waals surface area contributed by atoms with E-state index < -0.39 is 23.6 Å². The highest BCUT2D eigenvalue weighted by Crippen LogP contribution is 2.38. The Morgan fingerprint density at radius 2 is 2.00 bits per heavy atom. The second-order valence-electron chi connectivity index (χ2n) is 6.26. The number of rotatable bonds is 6. The molecule has 0 atom stereocenters. The van der Waals surface area contributed by atoms with Crippen molar-refractivity contribution >= 4 is 46.3 Å². The molecule has 0 radical (unpaired) electrons. The number of carbonyl (C=O) groups excluding carboxylic acids is 1. The Kier molecular flexibility index (Phi) is 6.22. The number of phenols is 1. The van der Waals surface area contributed by atoms with Crippen molar-refractivity contribution in [2.75, 3.05) is 6.54 Å². The molecule has 158 valence electrons. The van der Waals surface area contributed by atoms with Gasteiger partial charge >= 0.3 is 12.1 Å². The number of nitrogens with zero attached hydrogens (tertiary/aromatic N) is 1. The number of furan rings is 1. The molecule has 11 heteroatoms. The molecule has 1 saturated heterocycles. The Morgan fingerprint density at radius 3 is 2.67 bits per heavy atom. The predicted octanol–water partition coefficient (Wildman–Crippen LogP) is 4.74. The summed E-state index contributed by atoms with van der Waals surface area (Å²) in [7, 11) is 0. The van der Waals surface area contributed by atoms with Crippen LogP contribution >= 0.6 is 24.0 Å². The third kappa shape index (κ3) is 4.85. The maximum atomic E-state index is 12.9. The van der Waals surface area contributed by atoms with E-state index in [2.05, 4.69) is 0 Å². The van der Waals surface area contributed by atoms with E-state index in [1.165, 1.54) is 23.1 Å². The van der Waals surface area contributed by atoms with E-state index in [-0.39, 0.29) is 51.4 Å². The van der Waals surface area contributed by atoms with Crippen LogP contribution < -0.4 is 0 Å². The van der Waals surface area contributed by atoms with Gasteiger partial charge in [0.1, 0.15) is 21.6 Å². The molecule has 2 heterocycles. The van der Waals surface area contributed by atoms with E-state index in [9.17, 15) is 27.9 Å². The average molecular weight is 457 g/mol. The molecule has 2 N–H and O–H groups in total. The number of thiocarbonyl (C=S) groups is 1. The van der Waals surface area contributed by atoms with Gasteiger partial charge in [0.05, 0.1) is 16.0 Å².